The van der Waals surface area contributed by atoms with Gasteiger partial charge < -0.3 is 9.84 Å². The van der Waals surface area contributed by atoms with Gasteiger partial charge in [0.15, 0.2) is 5.82 Å². The van der Waals surface area contributed by atoms with Crippen molar-refractivity contribution in [2.45, 2.75) is 58.0 Å². The van der Waals surface area contributed by atoms with Crippen LogP contribution in [0.2, 0.25) is 0 Å². The first-order chi connectivity index (χ1) is 9.72. The molecule has 0 aromatic carbocycles. The van der Waals surface area contributed by atoms with E-state index in [1.54, 1.807) is 0 Å². The number of hydrogen-bond donors (Lipinski definition) is 1. The number of likely N-dealkylation sites (tertiary alicyclic amines) is 1. The van der Waals surface area contributed by atoms with Crippen molar-refractivity contribution in [3.8, 4) is 0 Å². The van der Waals surface area contributed by atoms with Crippen molar-refractivity contribution in [2.75, 3.05) is 19.6 Å². The Morgan fingerprint density at radius 1 is 1.30 bits per heavy atom. The third-order valence-corrected chi connectivity index (χ3v) is 4.66. The summed E-state index contributed by atoms with van der Waals surface area (Å²) in [5.74, 6) is 2.80. The van der Waals surface area contributed by atoms with E-state index in [9.17, 15) is 0 Å². The van der Waals surface area contributed by atoms with Crippen LogP contribution in [0.4, 0.5) is 0 Å². The Morgan fingerprint density at radius 3 is 2.70 bits per heavy atom. The summed E-state index contributed by atoms with van der Waals surface area (Å²) >= 11 is 0. The monoisotopic (exact) mass is 278 g/mol. The molecule has 1 unspecified atom stereocenters. The lowest BCUT2D eigenvalue weighted by Crippen LogP contribution is -2.40. The van der Waals surface area contributed by atoms with Gasteiger partial charge in [0.05, 0.1) is 6.54 Å². The van der Waals surface area contributed by atoms with E-state index in [2.05, 4.69) is 34.2 Å². The van der Waals surface area contributed by atoms with Gasteiger partial charge in [0.25, 0.3) is 0 Å². The summed E-state index contributed by atoms with van der Waals surface area (Å²) in [6.45, 7) is 8.52. The van der Waals surface area contributed by atoms with Crippen molar-refractivity contribution in [3.63, 3.8) is 0 Å². The lowest BCUT2D eigenvalue weighted by atomic mass is 9.88. The fraction of sp³-hybridized carbons (Fsp3) is 0.867. The van der Waals surface area contributed by atoms with Crippen LogP contribution in [-0.4, -0.2) is 40.7 Å². The van der Waals surface area contributed by atoms with E-state index in [-0.39, 0.29) is 0 Å². The van der Waals surface area contributed by atoms with Crippen LogP contribution in [0, 0.1) is 5.92 Å². The summed E-state index contributed by atoms with van der Waals surface area (Å²) in [5, 5.41) is 7.68. The largest absolute Gasteiger partial charge is 0.338 e. The molecule has 1 N–H and O–H groups in total. The first kappa shape index (κ1) is 14.0. The predicted molar refractivity (Wildman–Crippen MR) is 77.4 cm³/mol. The topological polar surface area (TPSA) is 54.2 Å². The molecule has 3 heterocycles. The lowest BCUT2D eigenvalue weighted by molar-refractivity contribution is 0.143. The molecule has 0 radical (unpaired) electrons. The first-order valence-corrected chi connectivity index (χ1v) is 8.00. The third-order valence-electron chi connectivity index (χ3n) is 4.66. The Balaban J connectivity index is 1.48. The van der Waals surface area contributed by atoms with Crippen molar-refractivity contribution >= 4 is 0 Å². The van der Waals surface area contributed by atoms with Crippen molar-refractivity contribution in [1.29, 1.82) is 0 Å². The zero-order valence-corrected chi connectivity index (χ0v) is 12.6. The molecular formula is C15H26N4O. The van der Waals surface area contributed by atoms with Gasteiger partial charge in [-0.1, -0.05) is 19.0 Å². The van der Waals surface area contributed by atoms with Crippen LogP contribution in [0.3, 0.4) is 0 Å². The molecule has 1 atom stereocenters. The van der Waals surface area contributed by atoms with E-state index >= 15 is 0 Å². The molecule has 2 fully saturated rings. The van der Waals surface area contributed by atoms with Crippen molar-refractivity contribution in [1.82, 2.24) is 20.4 Å². The van der Waals surface area contributed by atoms with Crippen LogP contribution in [0.5, 0.6) is 0 Å². The Kier molecular flexibility index (Phi) is 4.36. The number of piperidine rings is 1. The minimum absolute atomic E-state index is 0.340. The molecule has 5 nitrogen and oxygen atoms in total. The number of aromatic nitrogens is 2. The van der Waals surface area contributed by atoms with E-state index in [1.807, 2.05) is 0 Å². The molecule has 1 aromatic rings. The molecule has 0 aliphatic carbocycles. The van der Waals surface area contributed by atoms with Crippen LogP contribution in [0.1, 0.15) is 57.2 Å². The summed E-state index contributed by atoms with van der Waals surface area (Å²) < 4.78 is 5.34. The number of nitrogens with one attached hydrogen (secondary N) is 1. The van der Waals surface area contributed by atoms with Crippen LogP contribution in [0.15, 0.2) is 4.52 Å². The first-order valence-electron chi connectivity index (χ1n) is 8.00. The van der Waals surface area contributed by atoms with Gasteiger partial charge in [-0.2, -0.15) is 4.98 Å². The highest BCUT2D eigenvalue weighted by molar-refractivity contribution is 4.92. The molecular weight excluding hydrogens is 252 g/mol. The molecule has 20 heavy (non-hydrogen) atoms. The Morgan fingerprint density at radius 2 is 2.10 bits per heavy atom. The van der Waals surface area contributed by atoms with E-state index in [0.717, 1.165) is 43.3 Å². The number of hydrogen-bond acceptors (Lipinski definition) is 5. The molecule has 112 valence electrons. The van der Waals surface area contributed by atoms with Gasteiger partial charge in [-0.3, -0.25) is 4.90 Å². The van der Waals surface area contributed by atoms with Crippen LogP contribution in [0.25, 0.3) is 0 Å². The summed E-state index contributed by atoms with van der Waals surface area (Å²) in [6.07, 6.45) is 5.31. The van der Waals surface area contributed by atoms with Gasteiger partial charge in [-0.25, -0.2) is 0 Å². The SMILES string of the molecule is CC(C)c1noc(CN2CCC(C3CCCN3)CC2)n1. The summed E-state index contributed by atoms with van der Waals surface area (Å²) in [5.41, 5.74) is 0. The van der Waals surface area contributed by atoms with Crippen LogP contribution in [-0.2, 0) is 6.54 Å². The lowest BCUT2D eigenvalue weighted by Gasteiger charge is -2.34. The van der Waals surface area contributed by atoms with Crippen molar-refractivity contribution in [3.05, 3.63) is 11.7 Å². The van der Waals surface area contributed by atoms with Crippen LogP contribution >= 0.6 is 0 Å². The molecule has 2 aliphatic heterocycles. The van der Waals surface area contributed by atoms with Gasteiger partial charge in [0.1, 0.15) is 0 Å². The molecule has 1 aromatic heterocycles. The highest BCUT2D eigenvalue weighted by Crippen LogP contribution is 2.26. The molecule has 0 spiro atoms. The molecule has 2 saturated heterocycles. The second-order valence-electron chi connectivity index (χ2n) is 6.52. The van der Waals surface area contributed by atoms with Crippen LogP contribution < -0.4 is 5.32 Å². The normalized spacial score (nSPS) is 25.6. The van der Waals surface area contributed by atoms with Crippen molar-refractivity contribution in [2.24, 2.45) is 5.92 Å². The second kappa shape index (κ2) is 6.22. The Bertz CT molecular complexity index is 417. The average molecular weight is 278 g/mol. The fourth-order valence-electron chi connectivity index (χ4n) is 3.39. The van der Waals surface area contributed by atoms with Gasteiger partial charge in [0.2, 0.25) is 5.89 Å². The summed E-state index contributed by atoms with van der Waals surface area (Å²) in [7, 11) is 0. The molecule has 0 saturated carbocycles. The summed E-state index contributed by atoms with van der Waals surface area (Å²) in [4.78, 5) is 6.92. The van der Waals surface area contributed by atoms with Gasteiger partial charge in [-0.15, -0.1) is 0 Å². The fourth-order valence-corrected chi connectivity index (χ4v) is 3.39. The smallest absolute Gasteiger partial charge is 0.240 e. The minimum atomic E-state index is 0.340. The minimum Gasteiger partial charge on any atom is -0.338 e. The van der Waals surface area contributed by atoms with E-state index in [0.29, 0.717) is 5.92 Å². The second-order valence-corrected chi connectivity index (χ2v) is 6.52. The summed E-state index contributed by atoms with van der Waals surface area (Å²) in [6, 6.07) is 0.771. The average Bonchev–Trinajstić information content (AvgIpc) is 3.10. The standard InChI is InChI=1S/C15H26N4O/c1-11(2)15-17-14(20-18-15)10-19-8-5-12(6-9-19)13-4-3-7-16-13/h11-13,16H,3-10H2,1-2H3. The Labute approximate surface area is 121 Å². The molecule has 0 bridgehead atoms. The Hall–Kier alpha value is -0.940. The maximum absolute atomic E-state index is 5.34. The van der Waals surface area contributed by atoms with Gasteiger partial charge >= 0.3 is 0 Å². The highest BCUT2D eigenvalue weighted by atomic mass is 16.5. The number of rotatable bonds is 4. The molecule has 0 amide bonds. The number of nitrogens with zero attached hydrogens (tertiary/aromatic N) is 3. The van der Waals surface area contributed by atoms with Crippen molar-refractivity contribution < 1.29 is 4.52 Å². The van der Waals surface area contributed by atoms with E-state index in [1.165, 1.54) is 32.2 Å². The molecule has 5 heteroatoms. The predicted octanol–water partition coefficient (Wildman–Crippen LogP) is 2.16. The maximum atomic E-state index is 5.34. The quantitative estimate of drug-likeness (QED) is 0.914. The zero-order chi connectivity index (χ0) is 13.9. The van der Waals surface area contributed by atoms with Gasteiger partial charge in [0, 0.05) is 12.0 Å². The third kappa shape index (κ3) is 3.20. The van der Waals surface area contributed by atoms with Gasteiger partial charge in [-0.05, 0) is 51.2 Å². The molecule has 3 rings (SSSR count). The zero-order valence-electron chi connectivity index (χ0n) is 12.6. The highest BCUT2D eigenvalue weighted by Gasteiger charge is 2.28. The molecule has 2 aliphatic rings. The maximum Gasteiger partial charge on any atom is 0.240 e. The van der Waals surface area contributed by atoms with E-state index in [4.69, 9.17) is 4.52 Å². The van der Waals surface area contributed by atoms with E-state index < -0.39 is 0 Å².